The first-order valence-corrected chi connectivity index (χ1v) is 8.75. The summed E-state index contributed by atoms with van der Waals surface area (Å²) in [7, 11) is 0. The van der Waals surface area contributed by atoms with Crippen molar-refractivity contribution in [2.45, 2.75) is 32.8 Å². The summed E-state index contributed by atoms with van der Waals surface area (Å²) in [6.45, 7) is 5.63. The quantitative estimate of drug-likeness (QED) is 0.742. The van der Waals surface area contributed by atoms with Gasteiger partial charge in [0.15, 0.2) is 0 Å². The molecule has 2 aromatic carbocycles. The van der Waals surface area contributed by atoms with Crippen LogP contribution in [0, 0.1) is 23.5 Å². The van der Waals surface area contributed by atoms with Crippen molar-refractivity contribution in [2.24, 2.45) is 11.8 Å². The monoisotopic (exact) mass is 362 g/mol. The van der Waals surface area contributed by atoms with Gasteiger partial charge in [-0.15, -0.1) is 0 Å². The highest BCUT2D eigenvalue weighted by molar-refractivity contribution is 5.76. The number of benzene rings is 2. The number of ether oxygens (including phenoxy) is 1. The van der Waals surface area contributed by atoms with Crippen molar-refractivity contribution in [3.05, 3.63) is 71.3 Å². The molecule has 26 heavy (non-hydrogen) atoms. The first kappa shape index (κ1) is 20.0. The maximum atomic E-state index is 13.4. The first-order chi connectivity index (χ1) is 12.3. The zero-order valence-corrected chi connectivity index (χ0v) is 15.2. The minimum atomic E-state index is -1.77. The minimum absolute atomic E-state index is 0.175. The molecule has 0 aliphatic carbocycles. The van der Waals surface area contributed by atoms with Crippen LogP contribution in [0.15, 0.2) is 48.5 Å². The molecule has 0 saturated heterocycles. The third-order valence-corrected chi connectivity index (χ3v) is 4.77. The van der Waals surface area contributed by atoms with Gasteiger partial charge in [-0.3, -0.25) is 4.79 Å². The van der Waals surface area contributed by atoms with Gasteiger partial charge in [-0.1, -0.05) is 44.5 Å². The molecule has 0 heterocycles. The molecule has 2 aromatic rings. The van der Waals surface area contributed by atoms with E-state index in [1.54, 1.807) is 6.92 Å². The second-order valence-corrected chi connectivity index (χ2v) is 6.40. The molecular formula is C21H24F2O3. The maximum absolute atomic E-state index is 13.4. The van der Waals surface area contributed by atoms with Crippen LogP contribution in [0.3, 0.4) is 0 Å². The van der Waals surface area contributed by atoms with Crippen LogP contribution in [0.1, 0.15) is 38.3 Å². The lowest BCUT2D eigenvalue weighted by atomic mass is 9.70. The van der Waals surface area contributed by atoms with Crippen LogP contribution in [0.2, 0.25) is 0 Å². The lowest BCUT2D eigenvalue weighted by Gasteiger charge is -2.38. The number of hydrogen-bond donors (Lipinski definition) is 1. The van der Waals surface area contributed by atoms with Crippen molar-refractivity contribution in [3.8, 4) is 0 Å². The van der Waals surface area contributed by atoms with Crippen LogP contribution in [0.5, 0.6) is 0 Å². The smallest absolute Gasteiger partial charge is 0.312 e. The molecule has 0 saturated carbocycles. The molecule has 0 bridgehead atoms. The molecule has 0 aliphatic heterocycles. The van der Waals surface area contributed by atoms with E-state index in [0.29, 0.717) is 17.5 Å². The molecule has 5 heteroatoms. The fraction of sp³-hybridized carbons (Fsp3) is 0.381. The van der Waals surface area contributed by atoms with Crippen molar-refractivity contribution < 1.29 is 23.4 Å². The lowest BCUT2D eigenvalue weighted by molar-refractivity contribution is -0.160. The zero-order chi connectivity index (χ0) is 19.3. The molecule has 0 fully saturated rings. The minimum Gasteiger partial charge on any atom is -0.466 e. The molecule has 140 valence electrons. The van der Waals surface area contributed by atoms with E-state index >= 15 is 0 Å². The SMILES string of the molecule is CCOC(=O)C(C(C)CC)C(O)(c1ccc(F)cc1)c1ccc(F)cc1. The standard InChI is InChI=1S/C21H24F2O3/c1-4-14(3)19(20(24)26-5-2)21(25,15-6-10-17(22)11-7-15)16-8-12-18(23)13-9-16/h6-14,19,25H,4-5H2,1-3H3. The maximum Gasteiger partial charge on any atom is 0.312 e. The lowest BCUT2D eigenvalue weighted by Crippen LogP contribution is -2.45. The molecule has 2 rings (SSSR count). The highest BCUT2D eigenvalue weighted by atomic mass is 19.1. The summed E-state index contributed by atoms with van der Waals surface area (Å²) in [4.78, 5) is 12.7. The number of halogens is 2. The van der Waals surface area contributed by atoms with Crippen molar-refractivity contribution in [2.75, 3.05) is 6.61 Å². The number of hydrogen-bond acceptors (Lipinski definition) is 3. The van der Waals surface area contributed by atoms with Crippen molar-refractivity contribution in [1.82, 2.24) is 0 Å². The highest BCUT2D eigenvalue weighted by Gasteiger charge is 2.47. The molecule has 2 unspecified atom stereocenters. The van der Waals surface area contributed by atoms with Crippen LogP contribution in [-0.2, 0) is 15.1 Å². The second kappa shape index (κ2) is 8.41. The van der Waals surface area contributed by atoms with E-state index in [0.717, 1.165) is 0 Å². The first-order valence-electron chi connectivity index (χ1n) is 8.75. The molecule has 2 atom stereocenters. The summed E-state index contributed by atoms with van der Waals surface area (Å²) in [5.74, 6) is -2.60. The van der Waals surface area contributed by atoms with E-state index in [9.17, 15) is 18.7 Å². The largest absolute Gasteiger partial charge is 0.466 e. The number of esters is 1. The molecule has 3 nitrogen and oxygen atoms in total. The Labute approximate surface area is 152 Å². The summed E-state index contributed by atoms with van der Waals surface area (Å²) in [6, 6.07) is 10.7. The summed E-state index contributed by atoms with van der Waals surface area (Å²) < 4.78 is 32.0. The van der Waals surface area contributed by atoms with Crippen molar-refractivity contribution in [1.29, 1.82) is 0 Å². The Morgan fingerprint density at radius 2 is 1.42 bits per heavy atom. The Morgan fingerprint density at radius 3 is 1.77 bits per heavy atom. The molecule has 0 amide bonds. The van der Waals surface area contributed by atoms with Gasteiger partial charge in [0.1, 0.15) is 17.2 Å². The number of aliphatic hydroxyl groups is 1. The van der Waals surface area contributed by atoms with E-state index in [-0.39, 0.29) is 12.5 Å². The molecular weight excluding hydrogens is 338 g/mol. The Bertz CT molecular complexity index is 680. The van der Waals surface area contributed by atoms with Crippen LogP contribution >= 0.6 is 0 Å². The van der Waals surface area contributed by atoms with Crippen LogP contribution in [0.4, 0.5) is 8.78 Å². The summed E-state index contributed by atoms with van der Waals surface area (Å²) in [5, 5.41) is 11.7. The fourth-order valence-electron chi connectivity index (χ4n) is 3.22. The van der Waals surface area contributed by atoms with Gasteiger partial charge in [-0.2, -0.15) is 0 Å². The van der Waals surface area contributed by atoms with Gasteiger partial charge in [0.05, 0.1) is 12.5 Å². The Balaban J connectivity index is 2.69. The summed E-state index contributed by atoms with van der Waals surface area (Å²) >= 11 is 0. The van der Waals surface area contributed by atoms with E-state index in [1.165, 1.54) is 48.5 Å². The average molecular weight is 362 g/mol. The number of carbonyl (C=O) groups excluding carboxylic acids is 1. The highest BCUT2D eigenvalue weighted by Crippen LogP contribution is 2.42. The summed E-state index contributed by atoms with van der Waals surface area (Å²) in [5.41, 5.74) is -1.07. The Kier molecular flexibility index (Phi) is 6.48. The van der Waals surface area contributed by atoms with Gasteiger partial charge >= 0.3 is 5.97 Å². The average Bonchev–Trinajstić information content (AvgIpc) is 2.62. The molecule has 0 aliphatic rings. The normalized spacial score (nSPS) is 13.9. The van der Waals surface area contributed by atoms with E-state index in [1.807, 2.05) is 13.8 Å². The van der Waals surface area contributed by atoms with Gasteiger partial charge in [0.2, 0.25) is 0 Å². The fourth-order valence-corrected chi connectivity index (χ4v) is 3.22. The number of rotatable bonds is 7. The van der Waals surface area contributed by atoms with Crippen LogP contribution in [0.25, 0.3) is 0 Å². The van der Waals surface area contributed by atoms with Crippen LogP contribution in [-0.4, -0.2) is 17.7 Å². The molecule has 0 radical (unpaired) electrons. The molecule has 1 N–H and O–H groups in total. The number of carbonyl (C=O) groups is 1. The van der Waals surface area contributed by atoms with E-state index < -0.39 is 29.1 Å². The third-order valence-electron chi connectivity index (χ3n) is 4.77. The van der Waals surface area contributed by atoms with Crippen molar-refractivity contribution >= 4 is 5.97 Å². The van der Waals surface area contributed by atoms with E-state index in [2.05, 4.69) is 0 Å². The van der Waals surface area contributed by atoms with Gasteiger partial charge in [0, 0.05) is 0 Å². The van der Waals surface area contributed by atoms with Gasteiger partial charge in [-0.25, -0.2) is 8.78 Å². The summed E-state index contributed by atoms with van der Waals surface area (Å²) in [6.07, 6.45) is 0.619. The van der Waals surface area contributed by atoms with Gasteiger partial charge in [0.25, 0.3) is 0 Å². The third kappa shape index (κ3) is 3.93. The Hall–Kier alpha value is -2.27. The molecule has 0 aromatic heterocycles. The Morgan fingerprint density at radius 1 is 1.00 bits per heavy atom. The van der Waals surface area contributed by atoms with Crippen LogP contribution < -0.4 is 0 Å². The second-order valence-electron chi connectivity index (χ2n) is 6.40. The van der Waals surface area contributed by atoms with Gasteiger partial charge in [-0.05, 0) is 48.2 Å². The zero-order valence-electron chi connectivity index (χ0n) is 15.2. The topological polar surface area (TPSA) is 46.5 Å². The predicted molar refractivity (Wildman–Crippen MR) is 95.4 cm³/mol. The predicted octanol–water partition coefficient (Wildman–Crippen LogP) is 4.43. The van der Waals surface area contributed by atoms with Crippen molar-refractivity contribution in [3.63, 3.8) is 0 Å². The van der Waals surface area contributed by atoms with Gasteiger partial charge < -0.3 is 9.84 Å². The van der Waals surface area contributed by atoms with E-state index in [4.69, 9.17) is 4.74 Å². The molecule has 0 spiro atoms.